The molecule has 4 aromatic rings. The maximum absolute atomic E-state index is 5.80. The largest absolute Gasteiger partial charge is 0.489 e. The number of fused-ring (bicyclic) bond motifs is 1. The van der Waals surface area contributed by atoms with Crippen LogP contribution in [-0.2, 0) is 6.61 Å². The molecule has 2 aromatic heterocycles. The number of nitrogens with zero attached hydrogens (tertiary/aromatic N) is 2. The first-order valence-electron chi connectivity index (χ1n) is 7.37. The Balaban J connectivity index is 1.51. The summed E-state index contributed by atoms with van der Waals surface area (Å²) in [5.41, 5.74) is 4.81. The third kappa shape index (κ3) is 2.92. The number of imidazole rings is 1. The minimum Gasteiger partial charge on any atom is -0.489 e. The summed E-state index contributed by atoms with van der Waals surface area (Å²) in [4.78, 5) is 11.3. The van der Waals surface area contributed by atoms with E-state index in [1.54, 1.807) is 0 Å². The van der Waals surface area contributed by atoms with Gasteiger partial charge in [-0.15, -0.1) is 0 Å². The molecule has 0 amide bonds. The molecule has 0 saturated carbocycles. The molecular weight excluding hydrogens is 286 g/mol. The van der Waals surface area contributed by atoms with Gasteiger partial charge in [0.15, 0.2) is 12.0 Å². The summed E-state index contributed by atoms with van der Waals surface area (Å²) in [6.07, 6.45) is 4.53. The molecule has 0 atom stereocenters. The quantitative estimate of drug-likeness (QED) is 0.619. The molecule has 0 aliphatic heterocycles. The van der Waals surface area contributed by atoms with Crippen LogP contribution in [0.25, 0.3) is 22.3 Å². The van der Waals surface area contributed by atoms with Crippen molar-refractivity contribution in [2.45, 2.75) is 6.61 Å². The van der Waals surface area contributed by atoms with E-state index in [0.29, 0.717) is 6.61 Å². The van der Waals surface area contributed by atoms with Crippen molar-refractivity contribution in [1.82, 2.24) is 15.0 Å². The first kappa shape index (κ1) is 13.5. The van der Waals surface area contributed by atoms with Crippen LogP contribution in [0.3, 0.4) is 0 Å². The van der Waals surface area contributed by atoms with Crippen LogP contribution in [0, 0.1) is 6.33 Å². The van der Waals surface area contributed by atoms with Gasteiger partial charge in [-0.05, 0) is 29.3 Å². The summed E-state index contributed by atoms with van der Waals surface area (Å²) in [5.74, 6) is 0.847. The van der Waals surface area contributed by atoms with E-state index in [9.17, 15) is 0 Å². The van der Waals surface area contributed by atoms with Crippen molar-refractivity contribution in [3.8, 4) is 16.9 Å². The Labute approximate surface area is 133 Å². The van der Waals surface area contributed by atoms with Gasteiger partial charge in [-0.3, -0.25) is 0 Å². The predicted molar refractivity (Wildman–Crippen MR) is 88.9 cm³/mol. The molecule has 0 bridgehead atoms. The highest BCUT2D eigenvalue weighted by atomic mass is 16.5. The fraction of sp³-hybridized carbons (Fsp3) is 0.0526. The van der Waals surface area contributed by atoms with Crippen LogP contribution < -0.4 is 4.74 Å². The SMILES string of the molecule is [c]1nc2cc(-c3ccc(OCc4ccccc4)cc3)cnc2[nH]1. The Bertz CT molecular complexity index is 914. The maximum Gasteiger partial charge on any atom is 0.175 e. The van der Waals surface area contributed by atoms with Gasteiger partial charge in [0.1, 0.15) is 17.9 Å². The fourth-order valence-electron chi connectivity index (χ4n) is 2.42. The van der Waals surface area contributed by atoms with Crippen molar-refractivity contribution in [3.63, 3.8) is 0 Å². The third-order valence-electron chi connectivity index (χ3n) is 3.65. The van der Waals surface area contributed by atoms with E-state index in [1.807, 2.05) is 54.7 Å². The van der Waals surface area contributed by atoms with Gasteiger partial charge in [-0.2, -0.15) is 0 Å². The maximum atomic E-state index is 5.80. The van der Waals surface area contributed by atoms with Gasteiger partial charge in [0, 0.05) is 11.8 Å². The van der Waals surface area contributed by atoms with Crippen LogP contribution in [0.15, 0.2) is 66.9 Å². The molecule has 23 heavy (non-hydrogen) atoms. The smallest absolute Gasteiger partial charge is 0.175 e. The zero-order valence-corrected chi connectivity index (χ0v) is 12.4. The number of pyridine rings is 1. The normalized spacial score (nSPS) is 10.8. The molecule has 2 aromatic carbocycles. The van der Waals surface area contributed by atoms with Crippen LogP contribution in [0.2, 0.25) is 0 Å². The number of H-pyrrole nitrogens is 1. The van der Waals surface area contributed by atoms with Gasteiger partial charge in [0.25, 0.3) is 0 Å². The lowest BCUT2D eigenvalue weighted by atomic mass is 10.1. The topological polar surface area (TPSA) is 50.8 Å². The highest BCUT2D eigenvalue weighted by molar-refractivity contribution is 5.77. The Kier molecular flexibility index (Phi) is 3.48. The number of rotatable bonds is 4. The molecule has 4 rings (SSSR count). The highest BCUT2D eigenvalue weighted by Crippen LogP contribution is 2.24. The van der Waals surface area contributed by atoms with Crippen LogP contribution >= 0.6 is 0 Å². The number of benzene rings is 2. The Morgan fingerprint density at radius 3 is 2.61 bits per heavy atom. The van der Waals surface area contributed by atoms with Crippen molar-refractivity contribution in [1.29, 1.82) is 0 Å². The number of hydrogen-bond donors (Lipinski definition) is 1. The minimum absolute atomic E-state index is 0.566. The van der Waals surface area contributed by atoms with E-state index < -0.39 is 0 Å². The predicted octanol–water partition coefficient (Wildman–Crippen LogP) is 4.00. The number of nitrogens with one attached hydrogen (secondary N) is 1. The fourth-order valence-corrected chi connectivity index (χ4v) is 2.42. The molecule has 0 aliphatic rings. The van der Waals surface area contributed by atoms with E-state index in [4.69, 9.17) is 4.74 Å². The number of aromatic nitrogens is 3. The molecule has 1 radical (unpaired) electrons. The van der Waals surface area contributed by atoms with Crippen LogP contribution in [0.4, 0.5) is 0 Å². The first-order valence-corrected chi connectivity index (χ1v) is 7.37. The second kappa shape index (κ2) is 5.93. The monoisotopic (exact) mass is 300 g/mol. The van der Waals surface area contributed by atoms with Gasteiger partial charge in [0.2, 0.25) is 0 Å². The Hall–Kier alpha value is -3.14. The zero-order chi connectivity index (χ0) is 15.5. The van der Waals surface area contributed by atoms with E-state index >= 15 is 0 Å². The van der Waals surface area contributed by atoms with E-state index in [-0.39, 0.29) is 0 Å². The van der Waals surface area contributed by atoms with Crippen molar-refractivity contribution < 1.29 is 4.74 Å². The summed E-state index contributed by atoms with van der Waals surface area (Å²) in [6.45, 7) is 0.566. The molecule has 0 saturated heterocycles. The highest BCUT2D eigenvalue weighted by Gasteiger charge is 2.03. The lowest BCUT2D eigenvalue weighted by molar-refractivity contribution is 0.306. The summed E-state index contributed by atoms with van der Waals surface area (Å²) in [7, 11) is 0. The van der Waals surface area contributed by atoms with Crippen LogP contribution in [-0.4, -0.2) is 15.0 Å². The summed E-state index contributed by atoms with van der Waals surface area (Å²) in [5, 5.41) is 0. The second-order valence-electron chi connectivity index (χ2n) is 5.24. The van der Waals surface area contributed by atoms with Crippen molar-refractivity contribution in [3.05, 3.63) is 78.8 Å². The minimum atomic E-state index is 0.566. The first-order chi connectivity index (χ1) is 11.4. The molecule has 4 heteroatoms. The average molecular weight is 300 g/mol. The number of hydrogen-bond acceptors (Lipinski definition) is 3. The summed E-state index contributed by atoms with van der Waals surface area (Å²) in [6, 6.07) is 20.1. The van der Waals surface area contributed by atoms with Gasteiger partial charge in [0.05, 0.1) is 0 Å². The molecule has 2 heterocycles. The Morgan fingerprint density at radius 1 is 0.957 bits per heavy atom. The lowest BCUT2D eigenvalue weighted by Gasteiger charge is -2.07. The van der Waals surface area contributed by atoms with Crippen LogP contribution in [0.1, 0.15) is 5.56 Å². The molecule has 0 spiro atoms. The molecule has 4 nitrogen and oxygen atoms in total. The molecule has 1 N–H and O–H groups in total. The van der Waals surface area contributed by atoms with Crippen molar-refractivity contribution in [2.24, 2.45) is 0 Å². The number of ether oxygens (including phenoxy) is 1. The number of aromatic amines is 1. The van der Waals surface area contributed by atoms with E-state index in [0.717, 1.165) is 33.6 Å². The van der Waals surface area contributed by atoms with Crippen molar-refractivity contribution in [2.75, 3.05) is 0 Å². The second-order valence-corrected chi connectivity index (χ2v) is 5.24. The standard InChI is InChI=1S/C19H14N3O/c1-2-4-14(5-3-1)12-23-17-8-6-15(7-9-17)16-10-18-19(20-11-16)22-13-21-18/h1-11H,12H2,(H,20,21,22). The molecule has 0 aliphatic carbocycles. The Morgan fingerprint density at radius 2 is 1.78 bits per heavy atom. The van der Waals surface area contributed by atoms with E-state index in [1.165, 1.54) is 0 Å². The third-order valence-corrected chi connectivity index (χ3v) is 3.65. The summed E-state index contributed by atoms with van der Waals surface area (Å²) >= 11 is 0. The molecule has 111 valence electrons. The average Bonchev–Trinajstić information content (AvgIpc) is 3.09. The molecular formula is C19H14N3O. The van der Waals surface area contributed by atoms with E-state index in [2.05, 4.69) is 33.4 Å². The zero-order valence-electron chi connectivity index (χ0n) is 12.4. The lowest BCUT2D eigenvalue weighted by Crippen LogP contribution is -1.94. The van der Waals surface area contributed by atoms with Gasteiger partial charge in [-0.25, -0.2) is 9.97 Å². The van der Waals surface area contributed by atoms with Gasteiger partial charge < -0.3 is 9.72 Å². The van der Waals surface area contributed by atoms with Gasteiger partial charge in [-0.1, -0.05) is 42.5 Å². The van der Waals surface area contributed by atoms with Gasteiger partial charge >= 0.3 is 0 Å². The molecule has 0 unspecified atom stereocenters. The van der Waals surface area contributed by atoms with Crippen molar-refractivity contribution >= 4 is 11.2 Å². The van der Waals surface area contributed by atoms with Crippen LogP contribution in [0.5, 0.6) is 5.75 Å². The summed E-state index contributed by atoms with van der Waals surface area (Å²) < 4.78 is 5.80. The molecule has 0 fully saturated rings.